The fraction of sp³-hybridized carbons (Fsp3) is 0.615. The van der Waals surface area contributed by atoms with Gasteiger partial charge in [0.15, 0.2) is 6.10 Å². The summed E-state index contributed by atoms with van der Waals surface area (Å²) in [5, 5.41) is 45.2. The minimum Gasteiger partial charge on any atom is -0.481 e. The number of ether oxygens (including phenoxy) is 1. The van der Waals surface area contributed by atoms with E-state index in [9.17, 15) is 29.1 Å². The molecule has 0 radical (unpaired) electrons. The Balaban J connectivity index is 5.41. The molecule has 11 nitrogen and oxygen atoms in total. The Labute approximate surface area is 135 Å². The average molecular weight is 350 g/mol. The van der Waals surface area contributed by atoms with Gasteiger partial charge in [-0.05, 0) is 5.92 Å². The third-order valence-corrected chi connectivity index (χ3v) is 3.15. The van der Waals surface area contributed by atoms with Crippen LogP contribution in [0.1, 0.15) is 20.3 Å². The van der Waals surface area contributed by atoms with Crippen molar-refractivity contribution in [3.8, 4) is 0 Å². The minimum atomic E-state index is -2.40. The first-order chi connectivity index (χ1) is 10.9. The van der Waals surface area contributed by atoms with Gasteiger partial charge in [0, 0.05) is 0 Å². The zero-order chi connectivity index (χ0) is 19.2. The van der Waals surface area contributed by atoms with Crippen molar-refractivity contribution < 1.29 is 54.2 Å². The van der Waals surface area contributed by atoms with E-state index in [1.165, 1.54) is 13.8 Å². The van der Waals surface area contributed by atoms with E-state index < -0.39 is 66.2 Å². The number of carbonyl (C=O) groups is 5. The molecule has 24 heavy (non-hydrogen) atoms. The molecule has 5 N–H and O–H groups in total. The van der Waals surface area contributed by atoms with Crippen molar-refractivity contribution in [1.29, 1.82) is 0 Å². The summed E-state index contributed by atoms with van der Waals surface area (Å²) in [6.45, 7) is 2.77. The van der Waals surface area contributed by atoms with Crippen LogP contribution in [0.2, 0.25) is 0 Å². The van der Waals surface area contributed by atoms with E-state index in [1.54, 1.807) is 0 Å². The summed E-state index contributed by atoms with van der Waals surface area (Å²) in [4.78, 5) is 55.5. The van der Waals surface area contributed by atoms with Gasteiger partial charge in [0.05, 0.1) is 12.3 Å². The molecule has 136 valence electrons. The molecule has 0 spiro atoms. The number of aliphatic hydroxyl groups excluding tert-OH is 1. The number of hydrogen-bond donors (Lipinski definition) is 5. The second-order valence-electron chi connectivity index (χ2n) is 5.29. The van der Waals surface area contributed by atoms with Gasteiger partial charge < -0.3 is 30.3 Å². The van der Waals surface area contributed by atoms with E-state index in [2.05, 4.69) is 4.74 Å². The van der Waals surface area contributed by atoms with Gasteiger partial charge in [-0.3, -0.25) is 14.4 Å². The molecule has 0 bridgehead atoms. The first-order valence-corrected chi connectivity index (χ1v) is 6.68. The molecule has 11 heteroatoms. The first kappa shape index (κ1) is 21.3. The van der Waals surface area contributed by atoms with Crippen LogP contribution in [0.5, 0.6) is 0 Å². The van der Waals surface area contributed by atoms with Crippen LogP contribution in [0.15, 0.2) is 0 Å². The number of aliphatic hydroxyl groups is 1. The number of carbonyl (C=O) groups excluding carboxylic acids is 1. The summed E-state index contributed by atoms with van der Waals surface area (Å²) in [6, 6.07) is 0. The maximum absolute atomic E-state index is 11.8. The largest absolute Gasteiger partial charge is 0.481 e. The molecule has 0 fully saturated rings. The number of carboxylic acid groups (broad SMARTS) is 4. The minimum absolute atomic E-state index is 0.720. The van der Waals surface area contributed by atoms with E-state index in [1.807, 2.05) is 0 Å². The fourth-order valence-electron chi connectivity index (χ4n) is 1.94. The van der Waals surface area contributed by atoms with Crippen molar-refractivity contribution in [1.82, 2.24) is 0 Å². The summed E-state index contributed by atoms with van der Waals surface area (Å²) in [5.74, 6) is -13.1. The first-order valence-electron chi connectivity index (χ1n) is 6.68. The monoisotopic (exact) mass is 350 g/mol. The standard InChI is InChI=1S/C13H18O11/c1-4(2)7(11(19)20)8(16)13(23)24-9(12(21)22)5(10(17)18)3-6(14)15/h4-5,7-9,16H,3H2,1-2H3,(H,14,15)(H,17,18)(H,19,20)(H,21,22). The van der Waals surface area contributed by atoms with E-state index >= 15 is 0 Å². The molecule has 0 amide bonds. The van der Waals surface area contributed by atoms with Crippen LogP contribution in [0.25, 0.3) is 0 Å². The lowest BCUT2D eigenvalue weighted by atomic mass is 9.90. The number of hydrogen-bond acceptors (Lipinski definition) is 7. The Morgan fingerprint density at radius 2 is 1.38 bits per heavy atom. The topological polar surface area (TPSA) is 196 Å². The number of rotatable bonds is 10. The maximum atomic E-state index is 11.8. The van der Waals surface area contributed by atoms with Gasteiger partial charge in [-0.1, -0.05) is 13.8 Å². The number of esters is 1. The van der Waals surface area contributed by atoms with Crippen molar-refractivity contribution in [2.24, 2.45) is 17.8 Å². The lowest BCUT2D eigenvalue weighted by Gasteiger charge is -2.24. The molecule has 0 aliphatic heterocycles. The van der Waals surface area contributed by atoms with Crippen molar-refractivity contribution in [3.05, 3.63) is 0 Å². The highest BCUT2D eigenvalue weighted by atomic mass is 16.6. The zero-order valence-electron chi connectivity index (χ0n) is 12.8. The van der Waals surface area contributed by atoms with Crippen LogP contribution in [0.3, 0.4) is 0 Å². The quantitative estimate of drug-likeness (QED) is 0.299. The highest BCUT2D eigenvalue weighted by Gasteiger charge is 2.42. The van der Waals surface area contributed by atoms with E-state index in [-0.39, 0.29) is 0 Å². The molecular weight excluding hydrogens is 332 g/mol. The molecule has 0 aromatic carbocycles. The smallest absolute Gasteiger partial charge is 0.345 e. The maximum Gasteiger partial charge on any atom is 0.345 e. The highest BCUT2D eigenvalue weighted by Crippen LogP contribution is 2.20. The van der Waals surface area contributed by atoms with Gasteiger partial charge in [-0.15, -0.1) is 0 Å². The Morgan fingerprint density at radius 3 is 1.67 bits per heavy atom. The fourth-order valence-corrected chi connectivity index (χ4v) is 1.94. The normalized spacial score (nSPS) is 15.8. The Hall–Kier alpha value is -2.69. The van der Waals surface area contributed by atoms with Gasteiger partial charge in [0.2, 0.25) is 6.10 Å². The van der Waals surface area contributed by atoms with Crippen LogP contribution in [-0.4, -0.2) is 67.6 Å². The summed E-state index contributed by atoms with van der Waals surface area (Å²) in [5.41, 5.74) is 0. The molecule has 0 heterocycles. The van der Waals surface area contributed by atoms with Gasteiger partial charge in [-0.2, -0.15) is 0 Å². The van der Waals surface area contributed by atoms with Crippen LogP contribution >= 0.6 is 0 Å². The molecular formula is C13H18O11. The lowest BCUT2D eigenvalue weighted by molar-refractivity contribution is -0.183. The zero-order valence-corrected chi connectivity index (χ0v) is 12.8. The Morgan fingerprint density at radius 1 is 0.875 bits per heavy atom. The summed E-state index contributed by atoms with van der Waals surface area (Å²) >= 11 is 0. The molecule has 4 atom stereocenters. The molecule has 4 unspecified atom stereocenters. The molecule has 0 aliphatic rings. The highest BCUT2D eigenvalue weighted by molar-refractivity contribution is 5.89. The summed E-state index contributed by atoms with van der Waals surface area (Å²) in [6.07, 6.45) is -5.80. The molecule has 0 saturated heterocycles. The Bertz CT molecular complexity index is 524. The van der Waals surface area contributed by atoms with Gasteiger partial charge >= 0.3 is 29.8 Å². The van der Waals surface area contributed by atoms with Crippen molar-refractivity contribution >= 4 is 29.8 Å². The third-order valence-electron chi connectivity index (χ3n) is 3.15. The second kappa shape index (κ2) is 8.82. The van der Waals surface area contributed by atoms with Crippen LogP contribution in [-0.2, 0) is 28.7 Å². The Kier molecular flexibility index (Phi) is 7.83. The SMILES string of the molecule is CC(C)C(C(=O)O)C(O)C(=O)OC(C(=O)O)C(CC(=O)O)C(=O)O. The van der Waals surface area contributed by atoms with Gasteiger partial charge in [0.25, 0.3) is 0 Å². The van der Waals surface area contributed by atoms with E-state index in [0.29, 0.717) is 0 Å². The van der Waals surface area contributed by atoms with Gasteiger partial charge in [0.1, 0.15) is 5.92 Å². The molecule has 0 rings (SSSR count). The van der Waals surface area contributed by atoms with E-state index in [0.717, 1.165) is 0 Å². The predicted octanol–water partition coefficient (Wildman–Crippen LogP) is -1.12. The van der Waals surface area contributed by atoms with E-state index in [4.69, 9.17) is 20.4 Å². The van der Waals surface area contributed by atoms with Crippen LogP contribution in [0, 0.1) is 17.8 Å². The average Bonchev–Trinajstić information content (AvgIpc) is 2.40. The van der Waals surface area contributed by atoms with Crippen LogP contribution in [0.4, 0.5) is 0 Å². The third kappa shape index (κ3) is 5.83. The molecule has 0 aliphatic carbocycles. The molecule has 0 aromatic heterocycles. The summed E-state index contributed by atoms with van der Waals surface area (Å²) in [7, 11) is 0. The van der Waals surface area contributed by atoms with Crippen LogP contribution < -0.4 is 0 Å². The predicted molar refractivity (Wildman–Crippen MR) is 72.9 cm³/mol. The van der Waals surface area contributed by atoms with Crippen molar-refractivity contribution in [2.75, 3.05) is 0 Å². The van der Waals surface area contributed by atoms with Crippen molar-refractivity contribution in [2.45, 2.75) is 32.5 Å². The van der Waals surface area contributed by atoms with Gasteiger partial charge in [-0.25, -0.2) is 9.59 Å². The number of carboxylic acids is 4. The lowest BCUT2D eigenvalue weighted by Crippen LogP contribution is -2.45. The molecule has 0 aromatic rings. The summed E-state index contributed by atoms with van der Waals surface area (Å²) < 4.78 is 4.38. The number of aliphatic carboxylic acids is 4. The van der Waals surface area contributed by atoms with Crippen molar-refractivity contribution in [3.63, 3.8) is 0 Å². The second-order valence-corrected chi connectivity index (χ2v) is 5.29. The molecule has 0 saturated carbocycles.